The van der Waals surface area contributed by atoms with Gasteiger partial charge in [-0.15, -0.1) is 0 Å². The zero-order chi connectivity index (χ0) is 27.1. The van der Waals surface area contributed by atoms with E-state index in [1.807, 2.05) is 4.90 Å². The molecule has 7 nitrogen and oxygen atoms in total. The lowest BCUT2D eigenvalue weighted by molar-refractivity contribution is -0.192. The summed E-state index contributed by atoms with van der Waals surface area (Å²) < 4.78 is 100. The van der Waals surface area contributed by atoms with Crippen LogP contribution in [-0.4, -0.2) is 92.3 Å². The number of rotatable bonds is 4. The van der Waals surface area contributed by atoms with Crippen LogP contribution in [0.4, 0.5) is 32.0 Å². The second-order valence-corrected chi connectivity index (χ2v) is 11.8. The second-order valence-electron chi connectivity index (χ2n) is 8.74. The van der Waals surface area contributed by atoms with E-state index in [0.29, 0.717) is 42.6 Å². The Hall–Kier alpha value is -1.29. The minimum Gasteiger partial charge on any atom is -0.475 e. The Balaban J connectivity index is 0.000000454. The second kappa shape index (κ2) is 10.8. The summed E-state index contributed by atoms with van der Waals surface area (Å²) in [4.78, 5) is 12.6. The summed E-state index contributed by atoms with van der Waals surface area (Å²) in [5.74, 6) is -5.42. The summed E-state index contributed by atoms with van der Waals surface area (Å²) in [6.45, 7) is 0.820. The predicted molar refractivity (Wildman–Crippen MR) is 123 cm³/mol. The fourth-order valence-corrected chi connectivity index (χ4v) is 8.06. The molecule has 0 aromatic heterocycles. The van der Waals surface area contributed by atoms with Gasteiger partial charge in [-0.05, 0) is 40.9 Å². The molecule has 0 saturated carbocycles. The maximum absolute atomic E-state index is 13.7. The van der Waals surface area contributed by atoms with Crippen molar-refractivity contribution < 1.29 is 44.7 Å². The number of aliphatic carboxylic acids is 1. The van der Waals surface area contributed by atoms with Gasteiger partial charge < -0.3 is 10.0 Å². The average molecular weight is 631 g/mol. The van der Waals surface area contributed by atoms with Crippen molar-refractivity contribution in [1.82, 2.24) is 9.21 Å². The first-order valence-corrected chi connectivity index (χ1v) is 13.4. The Morgan fingerprint density at radius 1 is 1.22 bits per heavy atom. The number of carboxylic acids is 1. The molecule has 4 rings (SSSR count). The van der Waals surface area contributed by atoms with Crippen molar-refractivity contribution in [3.05, 3.63) is 21.6 Å². The van der Waals surface area contributed by atoms with E-state index >= 15 is 0 Å². The lowest BCUT2D eigenvalue weighted by atomic mass is 10.1. The molecule has 16 heteroatoms. The molecule has 0 amide bonds. The van der Waals surface area contributed by atoms with E-state index in [9.17, 15) is 34.8 Å². The molecular weight excluding hydrogens is 608 g/mol. The van der Waals surface area contributed by atoms with E-state index in [1.54, 1.807) is 17.0 Å². The molecule has 3 aliphatic rings. The number of benzene rings is 1. The molecule has 204 valence electrons. The first-order chi connectivity index (χ1) is 16.6. The van der Waals surface area contributed by atoms with Crippen molar-refractivity contribution in [2.45, 2.75) is 48.3 Å². The lowest BCUT2D eigenvalue weighted by Crippen LogP contribution is -2.50. The molecule has 3 aliphatic heterocycles. The van der Waals surface area contributed by atoms with E-state index in [2.05, 4.69) is 15.9 Å². The molecule has 3 fully saturated rings. The molecule has 0 unspecified atom stereocenters. The predicted octanol–water partition coefficient (Wildman–Crippen LogP) is 4.39. The number of halogens is 8. The maximum Gasteiger partial charge on any atom is 0.490 e. The molecule has 2 atom stereocenters. The van der Waals surface area contributed by atoms with Crippen LogP contribution in [0.15, 0.2) is 21.5 Å². The van der Waals surface area contributed by atoms with Crippen LogP contribution in [0.5, 0.6) is 0 Å². The number of hydrogen-bond acceptors (Lipinski definition) is 5. The summed E-state index contributed by atoms with van der Waals surface area (Å²) in [6.07, 6.45) is -4.17. The first kappa shape index (κ1) is 29.3. The summed E-state index contributed by atoms with van der Waals surface area (Å²) in [5.41, 5.74) is 0.680. The Morgan fingerprint density at radius 2 is 1.86 bits per heavy atom. The van der Waals surface area contributed by atoms with Crippen LogP contribution in [0.3, 0.4) is 0 Å². The van der Waals surface area contributed by atoms with E-state index in [0.717, 1.165) is 0 Å². The number of carboxylic acid groups (broad SMARTS) is 1. The van der Waals surface area contributed by atoms with E-state index in [-0.39, 0.29) is 35.5 Å². The number of anilines is 1. The fraction of sp³-hybridized carbons (Fsp3) is 0.650. The molecule has 1 aromatic carbocycles. The van der Waals surface area contributed by atoms with Gasteiger partial charge in [0.2, 0.25) is 10.0 Å². The molecule has 0 spiro atoms. The molecule has 0 aliphatic carbocycles. The van der Waals surface area contributed by atoms with Crippen LogP contribution in [-0.2, 0) is 14.8 Å². The maximum atomic E-state index is 13.7. The van der Waals surface area contributed by atoms with Gasteiger partial charge in [0.15, 0.2) is 0 Å². The van der Waals surface area contributed by atoms with Crippen LogP contribution in [0, 0.1) is 0 Å². The van der Waals surface area contributed by atoms with Crippen LogP contribution in [0.2, 0.25) is 5.02 Å². The number of carbonyl (C=O) groups is 1. The fourth-order valence-electron chi connectivity index (χ4n) is 4.61. The van der Waals surface area contributed by atoms with Gasteiger partial charge >= 0.3 is 12.1 Å². The number of piperazine rings is 1. The minimum absolute atomic E-state index is 0.0399. The highest BCUT2D eigenvalue weighted by Gasteiger charge is 2.47. The quantitative estimate of drug-likeness (QED) is 0.498. The Labute approximate surface area is 217 Å². The molecule has 3 saturated heterocycles. The average Bonchev–Trinajstić information content (AvgIpc) is 3.35. The molecule has 1 N–H and O–H groups in total. The number of alkyl halides is 6. The van der Waals surface area contributed by atoms with Crippen LogP contribution in [0.25, 0.3) is 0 Å². The smallest absolute Gasteiger partial charge is 0.475 e. The van der Waals surface area contributed by atoms with Gasteiger partial charge in [0.25, 0.3) is 5.92 Å². The third-order valence-electron chi connectivity index (χ3n) is 6.23. The van der Waals surface area contributed by atoms with Crippen molar-refractivity contribution in [1.29, 1.82) is 0 Å². The van der Waals surface area contributed by atoms with Crippen molar-refractivity contribution >= 4 is 49.2 Å². The molecule has 0 bridgehead atoms. The highest BCUT2D eigenvalue weighted by Crippen LogP contribution is 2.40. The highest BCUT2D eigenvalue weighted by molar-refractivity contribution is 9.10. The van der Waals surface area contributed by atoms with Gasteiger partial charge in [0.1, 0.15) is 11.6 Å². The molecular formula is C20H23BrClF6N3O4S. The first-order valence-electron chi connectivity index (χ1n) is 10.8. The lowest BCUT2D eigenvalue weighted by Gasteiger charge is -2.38. The zero-order valence-electron chi connectivity index (χ0n) is 18.6. The van der Waals surface area contributed by atoms with Crippen LogP contribution < -0.4 is 4.90 Å². The minimum atomic E-state index is -5.08. The molecule has 1 aromatic rings. The third kappa shape index (κ3) is 6.40. The van der Waals surface area contributed by atoms with E-state index in [4.69, 9.17) is 21.5 Å². The summed E-state index contributed by atoms with van der Waals surface area (Å²) >= 11 is 9.70. The molecule has 36 heavy (non-hydrogen) atoms. The number of fused-ring (bicyclic) bond motifs is 1. The molecule has 0 radical (unpaired) electrons. The van der Waals surface area contributed by atoms with Gasteiger partial charge in [0, 0.05) is 48.8 Å². The van der Waals surface area contributed by atoms with Crippen molar-refractivity contribution in [3.63, 3.8) is 0 Å². The topological polar surface area (TPSA) is 81.2 Å². The molecule has 3 heterocycles. The number of hydrogen-bond donors (Lipinski definition) is 1. The van der Waals surface area contributed by atoms with Crippen molar-refractivity contribution in [2.75, 3.05) is 44.3 Å². The Bertz CT molecular complexity index is 1070. The van der Waals surface area contributed by atoms with E-state index in [1.165, 1.54) is 4.31 Å². The summed E-state index contributed by atoms with van der Waals surface area (Å²) in [7, 11) is -3.95. The summed E-state index contributed by atoms with van der Waals surface area (Å²) in [6, 6.07) is 2.30. The summed E-state index contributed by atoms with van der Waals surface area (Å²) in [5, 5.41) is 7.16. The standard InChI is InChI=1S/C18H22BrClF3N3O2S.C2HF3O2/c19-15-6-13(24-4-5-25-11-18(22,23)8-14(25)10-24)7-16(20)17(15)29(27,28)26-3-1-2-12(26)9-21;3-2(4,5)1(6)7/h6-7,12,14H,1-5,8-11H2;(H,6,7)/t12-,14-;/m0./s1. The number of sulfonamides is 1. The van der Waals surface area contributed by atoms with Gasteiger partial charge in [-0.25, -0.2) is 26.4 Å². The van der Waals surface area contributed by atoms with Gasteiger partial charge in [-0.2, -0.15) is 17.5 Å². The SMILES string of the molecule is O=C(O)C(F)(F)F.O=S(=O)(c1c(Cl)cc(N2CCN3CC(F)(F)C[C@H]3C2)cc1Br)N1CCC[C@H]1CF. The monoisotopic (exact) mass is 629 g/mol. The largest absolute Gasteiger partial charge is 0.490 e. The van der Waals surface area contributed by atoms with Gasteiger partial charge in [-0.3, -0.25) is 4.90 Å². The van der Waals surface area contributed by atoms with E-state index < -0.39 is 40.8 Å². The van der Waals surface area contributed by atoms with Crippen molar-refractivity contribution in [3.8, 4) is 0 Å². The van der Waals surface area contributed by atoms with Crippen LogP contribution >= 0.6 is 27.5 Å². The number of nitrogens with zero attached hydrogens (tertiary/aromatic N) is 3. The van der Waals surface area contributed by atoms with Crippen molar-refractivity contribution in [2.24, 2.45) is 0 Å². The highest BCUT2D eigenvalue weighted by atomic mass is 79.9. The van der Waals surface area contributed by atoms with Gasteiger partial charge in [0.05, 0.1) is 17.6 Å². The zero-order valence-corrected chi connectivity index (χ0v) is 21.8. The third-order valence-corrected chi connectivity index (χ3v) is 9.58. The Kier molecular flexibility index (Phi) is 8.80. The van der Waals surface area contributed by atoms with Crippen LogP contribution in [0.1, 0.15) is 19.3 Å². The van der Waals surface area contributed by atoms with Gasteiger partial charge in [-0.1, -0.05) is 11.6 Å². The Morgan fingerprint density at radius 3 is 2.42 bits per heavy atom. The normalized spacial score (nSPS) is 24.8.